The number of halogens is 3. The van der Waals surface area contributed by atoms with Crippen molar-refractivity contribution in [3.05, 3.63) is 62.5 Å². The fourth-order valence-corrected chi connectivity index (χ4v) is 5.16. The summed E-state index contributed by atoms with van der Waals surface area (Å²) < 4.78 is 33.5. The number of esters is 1. The summed E-state index contributed by atoms with van der Waals surface area (Å²) in [6.45, 7) is 4.35. The van der Waals surface area contributed by atoms with E-state index in [2.05, 4.69) is 17.2 Å². The number of aliphatic imine (C=N–C) groups is 1. The largest absolute Gasteiger partial charge is 0.483 e. The molecule has 0 saturated carbocycles. The zero-order valence-corrected chi connectivity index (χ0v) is 22.1. The van der Waals surface area contributed by atoms with E-state index in [1.165, 1.54) is 29.5 Å². The van der Waals surface area contributed by atoms with E-state index in [-0.39, 0.29) is 29.7 Å². The zero-order chi connectivity index (χ0) is 26.9. The minimum Gasteiger partial charge on any atom is -0.483 e. The maximum Gasteiger partial charge on any atom is 0.338 e. The van der Waals surface area contributed by atoms with Crippen molar-refractivity contribution < 1.29 is 28.2 Å². The molecule has 2 N–H and O–H groups in total. The normalized spacial score (nSPS) is 21.2. The number of likely N-dealkylation sites (tertiary alicyclic amines) is 1. The molecule has 200 valence electrons. The van der Waals surface area contributed by atoms with Crippen LogP contribution >= 0.6 is 22.9 Å². The molecule has 1 aromatic carbocycles. The summed E-state index contributed by atoms with van der Waals surface area (Å²) in [5.41, 5.74) is 1.33. The lowest BCUT2D eigenvalue weighted by Crippen LogP contribution is -2.59. The van der Waals surface area contributed by atoms with E-state index in [0.29, 0.717) is 35.2 Å². The summed E-state index contributed by atoms with van der Waals surface area (Å²) in [5.74, 6) is -0.548. The number of hydrogen-bond acceptors (Lipinski definition) is 8. The topological polar surface area (TPSA) is 104 Å². The number of ether oxygens (including phenoxy) is 1. The van der Waals surface area contributed by atoms with Crippen molar-refractivity contribution in [1.82, 2.24) is 15.2 Å². The van der Waals surface area contributed by atoms with Crippen molar-refractivity contribution in [3.8, 4) is 0 Å². The number of carboxylic acid groups (broad SMARTS) is 1. The number of rotatable bonds is 9. The van der Waals surface area contributed by atoms with Crippen LogP contribution in [0.3, 0.4) is 0 Å². The molecule has 0 spiro atoms. The molecular formula is C25H29ClF2N4O4S. The highest BCUT2D eigenvalue weighted by atomic mass is 35.5. The number of nitrogens with one attached hydrogen (secondary N) is 1. The fraction of sp³-hybridized carbons (Fsp3) is 0.440. The lowest BCUT2D eigenvalue weighted by Gasteiger charge is -2.45. The van der Waals surface area contributed by atoms with Gasteiger partial charge in [-0.3, -0.25) is 14.7 Å². The van der Waals surface area contributed by atoms with Gasteiger partial charge in [0.05, 0.1) is 12.2 Å². The lowest BCUT2D eigenvalue weighted by atomic mass is 9.92. The van der Waals surface area contributed by atoms with Crippen molar-refractivity contribution in [1.29, 1.82) is 0 Å². The summed E-state index contributed by atoms with van der Waals surface area (Å²) in [6, 6.07) is 2.99. The average molecular weight is 555 g/mol. The molecule has 0 radical (unpaired) electrons. The third-order valence-electron chi connectivity index (χ3n) is 6.02. The average Bonchev–Trinajstić information content (AvgIpc) is 3.39. The minimum atomic E-state index is -0.892. The van der Waals surface area contributed by atoms with Crippen LogP contribution in [0.15, 0.2) is 46.0 Å². The molecule has 2 unspecified atom stereocenters. The monoisotopic (exact) mass is 554 g/mol. The second-order valence-electron chi connectivity index (χ2n) is 8.38. The van der Waals surface area contributed by atoms with Gasteiger partial charge >= 0.3 is 5.97 Å². The Bertz CT molecular complexity index is 1150. The zero-order valence-electron chi connectivity index (χ0n) is 20.5. The van der Waals surface area contributed by atoms with Crippen LogP contribution in [0.1, 0.15) is 49.7 Å². The molecule has 3 heterocycles. The SMILES string of the molecule is CCCCC1C(F)CN1CC1=C(C(=O)OCC)[C@H](c2ccc(F)cc2Cl)N=C(c2nccs2)N1.O=CO. The van der Waals surface area contributed by atoms with Gasteiger partial charge in [-0.1, -0.05) is 37.4 Å². The van der Waals surface area contributed by atoms with E-state index in [9.17, 15) is 13.6 Å². The lowest BCUT2D eigenvalue weighted by molar-refractivity contribution is -0.139. The van der Waals surface area contributed by atoms with Crippen molar-refractivity contribution in [2.24, 2.45) is 4.99 Å². The molecule has 0 bridgehead atoms. The Morgan fingerprint density at radius 3 is 2.76 bits per heavy atom. The Balaban J connectivity index is 0.00000121. The predicted molar refractivity (Wildman–Crippen MR) is 138 cm³/mol. The molecule has 1 saturated heterocycles. The van der Waals surface area contributed by atoms with Crippen LogP contribution in [0.2, 0.25) is 5.02 Å². The molecule has 37 heavy (non-hydrogen) atoms. The van der Waals surface area contributed by atoms with Gasteiger partial charge in [0.25, 0.3) is 6.47 Å². The Morgan fingerprint density at radius 2 is 2.16 bits per heavy atom. The molecule has 2 aromatic rings. The van der Waals surface area contributed by atoms with E-state index >= 15 is 0 Å². The second kappa shape index (κ2) is 13.6. The number of alkyl halides is 1. The van der Waals surface area contributed by atoms with Gasteiger partial charge in [-0.05, 0) is 25.5 Å². The third-order valence-corrected chi connectivity index (χ3v) is 7.13. The summed E-state index contributed by atoms with van der Waals surface area (Å²) in [7, 11) is 0. The van der Waals surface area contributed by atoms with Gasteiger partial charge in [-0.25, -0.2) is 18.6 Å². The number of thiazole rings is 1. The van der Waals surface area contributed by atoms with Crippen LogP contribution in [-0.4, -0.2) is 65.2 Å². The van der Waals surface area contributed by atoms with Crippen molar-refractivity contribution in [2.45, 2.75) is 51.4 Å². The number of carbonyl (C=O) groups is 2. The molecule has 0 aliphatic carbocycles. The van der Waals surface area contributed by atoms with Crippen molar-refractivity contribution in [3.63, 3.8) is 0 Å². The van der Waals surface area contributed by atoms with Crippen LogP contribution in [0.5, 0.6) is 0 Å². The number of benzene rings is 1. The highest BCUT2D eigenvalue weighted by Gasteiger charge is 2.41. The van der Waals surface area contributed by atoms with Crippen molar-refractivity contribution >= 4 is 41.2 Å². The summed E-state index contributed by atoms with van der Waals surface area (Å²) in [4.78, 5) is 32.6. The quantitative estimate of drug-likeness (QED) is 0.340. The standard InChI is InChI=1S/C24H27ClF2N4O2S.CH2O2/c1-3-5-6-19-17(27)12-31(19)13-18-20(24(32)33-4-2)21(15-8-7-14(26)11-16(15)25)30-22(29-18)23-28-9-10-34-23;2-1-3/h7-11,17,19,21H,3-6,12-13H2,1-2H3,(H,29,30);1H,(H,2,3)/t17?,19?,21-;/m0./s1. The van der Waals surface area contributed by atoms with Gasteiger partial charge in [0.1, 0.15) is 18.0 Å². The van der Waals surface area contributed by atoms with E-state index in [4.69, 9.17) is 31.2 Å². The van der Waals surface area contributed by atoms with E-state index in [0.717, 1.165) is 19.3 Å². The molecule has 1 fully saturated rings. The van der Waals surface area contributed by atoms with Crippen molar-refractivity contribution in [2.75, 3.05) is 19.7 Å². The first kappa shape index (κ1) is 28.7. The predicted octanol–water partition coefficient (Wildman–Crippen LogP) is 4.76. The van der Waals surface area contributed by atoms with Gasteiger partial charge in [0, 0.05) is 47.0 Å². The third kappa shape index (κ3) is 6.91. The number of aromatic nitrogens is 1. The molecule has 2 aliphatic heterocycles. The maximum absolute atomic E-state index is 14.4. The van der Waals surface area contributed by atoms with Gasteiger partial charge in [-0.2, -0.15) is 0 Å². The van der Waals surface area contributed by atoms with Crippen LogP contribution in [0.25, 0.3) is 0 Å². The first-order chi connectivity index (χ1) is 17.8. The first-order valence-electron chi connectivity index (χ1n) is 11.9. The van der Waals surface area contributed by atoms with Gasteiger partial charge in [-0.15, -0.1) is 11.3 Å². The Morgan fingerprint density at radius 1 is 1.41 bits per heavy atom. The summed E-state index contributed by atoms with van der Waals surface area (Å²) >= 11 is 7.79. The highest BCUT2D eigenvalue weighted by Crippen LogP contribution is 2.38. The molecule has 4 rings (SSSR count). The van der Waals surface area contributed by atoms with E-state index < -0.39 is 24.0 Å². The van der Waals surface area contributed by atoms with Crippen LogP contribution in [0, 0.1) is 5.82 Å². The Labute approximate surface area is 223 Å². The van der Waals surface area contributed by atoms with Gasteiger partial charge in [0.2, 0.25) is 0 Å². The number of nitrogens with zero attached hydrogens (tertiary/aromatic N) is 3. The number of hydrogen-bond donors (Lipinski definition) is 2. The van der Waals surface area contributed by atoms with E-state index in [1.807, 2.05) is 10.3 Å². The minimum absolute atomic E-state index is 0.156. The molecule has 8 nitrogen and oxygen atoms in total. The molecular weight excluding hydrogens is 526 g/mol. The number of carbonyl (C=O) groups excluding carboxylic acids is 1. The Kier molecular flexibility index (Phi) is 10.5. The second-order valence-corrected chi connectivity index (χ2v) is 9.68. The van der Waals surface area contributed by atoms with Crippen LogP contribution < -0.4 is 5.32 Å². The fourth-order valence-electron chi connectivity index (χ4n) is 4.30. The molecule has 2 aliphatic rings. The number of amidine groups is 1. The maximum atomic E-state index is 14.4. The first-order valence-corrected chi connectivity index (χ1v) is 13.2. The summed E-state index contributed by atoms with van der Waals surface area (Å²) in [5, 5.41) is 12.8. The highest BCUT2D eigenvalue weighted by molar-refractivity contribution is 7.11. The van der Waals surface area contributed by atoms with Crippen LogP contribution in [-0.2, 0) is 14.3 Å². The molecule has 0 amide bonds. The smallest absolute Gasteiger partial charge is 0.338 e. The summed E-state index contributed by atoms with van der Waals surface area (Å²) in [6.07, 6.45) is 3.44. The molecule has 12 heteroatoms. The molecule has 1 aromatic heterocycles. The van der Waals surface area contributed by atoms with Gasteiger partial charge in [0.15, 0.2) is 10.8 Å². The molecule has 3 atom stereocenters. The van der Waals surface area contributed by atoms with E-state index in [1.54, 1.807) is 13.1 Å². The van der Waals surface area contributed by atoms with Crippen LogP contribution in [0.4, 0.5) is 8.78 Å². The Hall–Kier alpha value is -2.89. The van der Waals surface area contributed by atoms with Gasteiger partial charge < -0.3 is 15.2 Å². The number of unbranched alkanes of at least 4 members (excludes halogenated alkanes) is 1.